The Labute approximate surface area is 179 Å². The van der Waals surface area contributed by atoms with Crippen LogP contribution in [0, 0.1) is 13.8 Å². The lowest BCUT2D eigenvalue weighted by Crippen LogP contribution is -2.26. The maximum Gasteiger partial charge on any atom is 0.433 e. The highest BCUT2D eigenvalue weighted by atomic mass is 32.1. The number of fused-ring (bicyclic) bond motifs is 1. The van der Waals surface area contributed by atoms with Gasteiger partial charge in [0.1, 0.15) is 0 Å². The molecular weight excluding hydrogens is 429 g/mol. The number of halogens is 3. The van der Waals surface area contributed by atoms with Crippen molar-refractivity contribution in [2.45, 2.75) is 33.0 Å². The van der Waals surface area contributed by atoms with E-state index in [0.717, 1.165) is 17.5 Å². The highest BCUT2D eigenvalue weighted by Crippen LogP contribution is 2.33. The first-order valence-corrected chi connectivity index (χ1v) is 10.4. The normalized spacial score (nSPS) is 11.9. The molecule has 4 rings (SSSR count). The molecule has 0 saturated heterocycles. The standard InChI is InChI=1S/C20H19F3N6OS/c1-12-9-13(2)28(26-12)7-4-6-24-19(30)15-11-18-25-14(16-5-3-8-31-16)10-17(20(21,22)23)29(18)27-15/h3,5,8-11H,4,6-7H2,1-2H3,(H,24,30). The third-order valence-electron chi connectivity index (χ3n) is 4.66. The molecule has 0 bridgehead atoms. The average molecular weight is 448 g/mol. The van der Waals surface area contributed by atoms with Gasteiger partial charge in [-0.15, -0.1) is 11.3 Å². The van der Waals surface area contributed by atoms with Gasteiger partial charge in [0, 0.05) is 24.8 Å². The highest BCUT2D eigenvalue weighted by Gasteiger charge is 2.35. The minimum atomic E-state index is -4.65. The van der Waals surface area contributed by atoms with Gasteiger partial charge in [0.25, 0.3) is 5.91 Å². The SMILES string of the molecule is Cc1cc(C)n(CCCNC(=O)c2cc3nc(-c4cccs4)cc(C(F)(F)F)n3n2)n1. The fourth-order valence-corrected chi connectivity index (χ4v) is 3.95. The smallest absolute Gasteiger partial charge is 0.351 e. The monoisotopic (exact) mass is 448 g/mol. The lowest BCUT2D eigenvalue weighted by atomic mass is 10.2. The topological polar surface area (TPSA) is 77.1 Å². The number of carbonyl (C=O) groups excluding carboxylic acids is 1. The molecule has 0 saturated carbocycles. The van der Waals surface area contributed by atoms with Crippen LogP contribution in [-0.4, -0.2) is 36.8 Å². The molecule has 0 atom stereocenters. The Balaban J connectivity index is 1.52. The van der Waals surface area contributed by atoms with Gasteiger partial charge in [0.2, 0.25) is 0 Å². The first-order chi connectivity index (χ1) is 14.7. The van der Waals surface area contributed by atoms with Gasteiger partial charge >= 0.3 is 6.18 Å². The summed E-state index contributed by atoms with van der Waals surface area (Å²) in [6.07, 6.45) is -4.03. The van der Waals surface area contributed by atoms with Crippen LogP contribution in [0.15, 0.2) is 35.7 Å². The van der Waals surface area contributed by atoms with E-state index in [2.05, 4.69) is 20.5 Å². The van der Waals surface area contributed by atoms with Gasteiger partial charge in [0.15, 0.2) is 17.0 Å². The molecule has 31 heavy (non-hydrogen) atoms. The largest absolute Gasteiger partial charge is 0.433 e. The van der Waals surface area contributed by atoms with E-state index in [0.29, 0.717) is 28.9 Å². The summed E-state index contributed by atoms with van der Waals surface area (Å²) in [5.74, 6) is -0.551. The Bertz CT molecular complexity index is 1230. The van der Waals surface area contributed by atoms with Gasteiger partial charge in [-0.3, -0.25) is 9.48 Å². The summed E-state index contributed by atoms with van der Waals surface area (Å²) in [5.41, 5.74) is 0.993. The van der Waals surface area contributed by atoms with Crippen LogP contribution in [0.2, 0.25) is 0 Å². The molecule has 162 valence electrons. The predicted molar refractivity (Wildman–Crippen MR) is 110 cm³/mol. The van der Waals surface area contributed by atoms with Gasteiger partial charge in [-0.05, 0) is 43.8 Å². The molecule has 1 N–H and O–H groups in total. The van der Waals surface area contributed by atoms with Crippen molar-refractivity contribution in [1.29, 1.82) is 0 Å². The minimum absolute atomic E-state index is 0.0361. The molecule has 0 radical (unpaired) electrons. The molecule has 4 heterocycles. The summed E-state index contributed by atoms with van der Waals surface area (Å²) >= 11 is 1.29. The van der Waals surface area contributed by atoms with E-state index in [9.17, 15) is 18.0 Å². The molecule has 0 spiro atoms. The quantitative estimate of drug-likeness (QED) is 0.451. The Kier molecular flexibility index (Phi) is 5.52. The molecule has 1 amide bonds. The number of nitrogens with zero attached hydrogens (tertiary/aromatic N) is 5. The van der Waals surface area contributed by atoms with Crippen molar-refractivity contribution >= 4 is 22.9 Å². The van der Waals surface area contributed by atoms with Crippen molar-refractivity contribution in [2.75, 3.05) is 6.54 Å². The van der Waals surface area contributed by atoms with Crippen molar-refractivity contribution in [3.05, 3.63) is 58.5 Å². The summed E-state index contributed by atoms with van der Waals surface area (Å²) in [6.45, 7) is 4.81. The molecule has 0 aromatic carbocycles. The maximum absolute atomic E-state index is 13.6. The van der Waals surface area contributed by atoms with Crippen LogP contribution >= 0.6 is 11.3 Å². The number of hydrogen-bond acceptors (Lipinski definition) is 5. The molecule has 0 aliphatic carbocycles. The number of aromatic nitrogens is 5. The lowest BCUT2D eigenvalue weighted by molar-refractivity contribution is -0.142. The van der Waals surface area contributed by atoms with Crippen molar-refractivity contribution in [1.82, 2.24) is 29.7 Å². The third kappa shape index (κ3) is 4.46. The zero-order valence-electron chi connectivity index (χ0n) is 16.8. The first kappa shape index (κ1) is 21.0. The van der Waals surface area contributed by atoms with Crippen LogP contribution < -0.4 is 5.32 Å². The summed E-state index contributed by atoms with van der Waals surface area (Å²) < 4.78 is 43.3. The van der Waals surface area contributed by atoms with E-state index >= 15 is 0 Å². The van der Waals surface area contributed by atoms with Crippen molar-refractivity contribution in [2.24, 2.45) is 0 Å². The molecular formula is C20H19F3N6OS. The number of carbonyl (C=O) groups is 1. The van der Waals surface area contributed by atoms with Gasteiger partial charge in [-0.2, -0.15) is 23.4 Å². The third-order valence-corrected chi connectivity index (χ3v) is 5.55. The number of aryl methyl sites for hydroxylation is 3. The van der Waals surface area contributed by atoms with E-state index < -0.39 is 17.8 Å². The summed E-state index contributed by atoms with van der Waals surface area (Å²) in [5, 5.41) is 12.7. The van der Waals surface area contributed by atoms with E-state index in [-0.39, 0.29) is 17.0 Å². The molecule has 0 aliphatic rings. The molecule has 4 aromatic heterocycles. The van der Waals surface area contributed by atoms with E-state index in [1.807, 2.05) is 24.6 Å². The van der Waals surface area contributed by atoms with Crippen molar-refractivity contribution in [3.8, 4) is 10.6 Å². The van der Waals surface area contributed by atoms with Crippen LogP contribution in [0.3, 0.4) is 0 Å². The first-order valence-electron chi connectivity index (χ1n) is 9.53. The second-order valence-electron chi connectivity index (χ2n) is 7.06. The Morgan fingerprint density at radius 2 is 2.00 bits per heavy atom. The highest BCUT2D eigenvalue weighted by molar-refractivity contribution is 7.13. The number of thiophene rings is 1. The molecule has 0 unspecified atom stereocenters. The van der Waals surface area contributed by atoms with Crippen molar-refractivity contribution < 1.29 is 18.0 Å². The number of alkyl halides is 3. The van der Waals surface area contributed by atoms with Gasteiger partial charge in [-0.25, -0.2) is 9.50 Å². The summed E-state index contributed by atoms with van der Waals surface area (Å²) in [6, 6.07) is 7.60. The Hall–Kier alpha value is -3.21. The number of rotatable bonds is 6. The Morgan fingerprint density at radius 1 is 1.19 bits per heavy atom. The van der Waals surface area contributed by atoms with E-state index in [1.54, 1.807) is 17.5 Å². The number of hydrogen-bond donors (Lipinski definition) is 1. The van der Waals surface area contributed by atoms with E-state index in [4.69, 9.17) is 0 Å². The summed E-state index contributed by atoms with van der Waals surface area (Å²) in [4.78, 5) is 17.3. The van der Waals surface area contributed by atoms with Crippen LogP contribution in [0.1, 0.15) is 34.0 Å². The zero-order valence-corrected chi connectivity index (χ0v) is 17.6. The Morgan fingerprint density at radius 3 is 2.65 bits per heavy atom. The maximum atomic E-state index is 13.6. The summed E-state index contributed by atoms with van der Waals surface area (Å²) in [7, 11) is 0. The van der Waals surface area contributed by atoms with Crippen LogP contribution in [0.25, 0.3) is 16.2 Å². The van der Waals surface area contributed by atoms with Gasteiger partial charge in [-0.1, -0.05) is 6.07 Å². The number of amides is 1. The second kappa shape index (κ2) is 8.14. The minimum Gasteiger partial charge on any atom is -0.351 e. The van der Waals surface area contributed by atoms with Crippen LogP contribution in [0.4, 0.5) is 13.2 Å². The lowest BCUT2D eigenvalue weighted by Gasteiger charge is -2.10. The van der Waals surface area contributed by atoms with Crippen LogP contribution in [0.5, 0.6) is 0 Å². The fraction of sp³-hybridized carbons (Fsp3) is 0.300. The molecule has 4 aromatic rings. The zero-order chi connectivity index (χ0) is 22.2. The molecule has 11 heteroatoms. The van der Waals surface area contributed by atoms with Gasteiger partial charge < -0.3 is 5.32 Å². The van der Waals surface area contributed by atoms with Crippen LogP contribution in [-0.2, 0) is 12.7 Å². The average Bonchev–Trinajstić information content (AvgIpc) is 3.43. The molecule has 0 aliphatic heterocycles. The predicted octanol–water partition coefficient (Wildman–Crippen LogP) is 4.11. The van der Waals surface area contributed by atoms with Crippen molar-refractivity contribution in [3.63, 3.8) is 0 Å². The second-order valence-corrected chi connectivity index (χ2v) is 8.01. The molecule has 0 fully saturated rings. The fourth-order valence-electron chi connectivity index (χ4n) is 3.26. The number of nitrogens with one attached hydrogen (secondary N) is 1. The molecule has 7 nitrogen and oxygen atoms in total. The van der Waals surface area contributed by atoms with E-state index in [1.165, 1.54) is 17.4 Å². The van der Waals surface area contributed by atoms with Gasteiger partial charge in [0.05, 0.1) is 16.3 Å².